The number of halogens is 2. The molecule has 0 saturated heterocycles. The number of nitrogens with zero attached hydrogens (tertiary/aromatic N) is 1. The lowest BCUT2D eigenvalue weighted by atomic mass is 9.93. The minimum atomic E-state index is 0.0741. The van der Waals surface area contributed by atoms with Crippen molar-refractivity contribution in [2.24, 2.45) is 0 Å². The van der Waals surface area contributed by atoms with E-state index in [2.05, 4.69) is 15.9 Å². The number of aryl methyl sites for hydroxylation is 1. The second-order valence-corrected chi connectivity index (χ2v) is 6.59. The van der Waals surface area contributed by atoms with Gasteiger partial charge in [-0.25, -0.2) is 0 Å². The molecular formula is C16H21BrClNO. The third-order valence-electron chi connectivity index (χ3n) is 4.02. The molecule has 4 heteroatoms. The fourth-order valence-corrected chi connectivity index (χ4v) is 3.49. The van der Waals surface area contributed by atoms with E-state index in [1.54, 1.807) is 0 Å². The number of carbonyl (C=O) groups is 1. The number of rotatable bonds is 4. The lowest BCUT2D eigenvalue weighted by molar-refractivity contribution is 0.0651. The fourth-order valence-electron chi connectivity index (χ4n) is 2.90. The zero-order chi connectivity index (χ0) is 14.5. The highest BCUT2D eigenvalue weighted by Gasteiger charge is 2.27. The van der Waals surface area contributed by atoms with E-state index < -0.39 is 0 Å². The van der Waals surface area contributed by atoms with Crippen molar-refractivity contribution in [3.05, 3.63) is 34.3 Å². The van der Waals surface area contributed by atoms with Crippen molar-refractivity contribution in [3.8, 4) is 0 Å². The molecule has 2 nitrogen and oxygen atoms in total. The van der Waals surface area contributed by atoms with Gasteiger partial charge in [0.1, 0.15) is 0 Å². The average Bonchev–Trinajstić information content (AvgIpc) is 2.48. The Bertz CT molecular complexity index is 472. The minimum absolute atomic E-state index is 0.0741. The van der Waals surface area contributed by atoms with Crippen molar-refractivity contribution in [2.45, 2.75) is 45.1 Å². The molecule has 0 atom stereocenters. The molecule has 1 fully saturated rings. The van der Waals surface area contributed by atoms with Crippen LogP contribution in [-0.2, 0) is 0 Å². The maximum absolute atomic E-state index is 12.8. The molecule has 0 N–H and O–H groups in total. The van der Waals surface area contributed by atoms with Crippen LogP contribution in [-0.4, -0.2) is 28.7 Å². The van der Waals surface area contributed by atoms with Crippen molar-refractivity contribution in [3.63, 3.8) is 0 Å². The predicted octanol–water partition coefficient (Wildman–Crippen LogP) is 4.82. The van der Waals surface area contributed by atoms with Gasteiger partial charge in [0, 0.05) is 17.9 Å². The van der Waals surface area contributed by atoms with Gasteiger partial charge in [0.15, 0.2) is 0 Å². The molecule has 0 spiro atoms. The zero-order valence-electron chi connectivity index (χ0n) is 11.9. The lowest BCUT2D eigenvalue weighted by Gasteiger charge is -2.34. The number of hydrogen-bond donors (Lipinski definition) is 0. The summed E-state index contributed by atoms with van der Waals surface area (Å²) < 4.78 is 0. The molecule has 0 unspecified atom stereocenters. The quantitative estimate of drug-likeness (QED) is 0.707. The Morgan fingerprint density at radius 2 is 2.05 bits per heavy atom. The standard InChI is InChI=1S/C16H21BrClNO/c1-12-6-5-9-14(15(12)18)16(20)19(11-10-17)13-7-3-2-4-8-13/h5-6,9,13H,2-4,7-8,10-11H2,1H3. The van der Waals surface area contributed by atoms with Gasteiger partial charge in [-0.3, -0.25) is 4.79 Å². The van der Waals surface area contributed by atoms with Gasteiger partial charge in [-0.2, -0.15) is 0 Å². The minimum Gasteiger partial charge on any atom is -0.335 e. The SMILES string of the molecule is Cc1cccc(C(=O)N(CCBr)C2CCCCC2)c1Cl. The first-order valence-corrected chi connectivity index (χ1v) is 8.77. The summed E-state index contributed by atoms with van der Waals surface area (Å²) >= 11 is 9.78. The van der Waals surface area contributed by atoms with Gasteiger partial charge in [-0.05, 0) is 31.4 Å². The van der Waals surface area contributed by atoms with E-state index in [0.29, 0.717) is 16.6 Å². The van der Waals surface area contributed by atoms with E-state index in [4.69, 9.17) is 11.6 Å². The van der Waals surface area contributed by atoms with E-state index in [0.717, 1.165) is 30.3 Å². The molecule has 1 amide bonds. The first-order chi connectivity index (χ1) is 9.65. The largest absolute Gasteiger partial charge is 0.335 e. The maximum atomic E-state index is 12.8. The highest BCUT2D eigenvalue weighted by Crippen LogP contribution is 2.27. The Morgan fingerprint density at radius 3 is 2.70 bits per heavy atom. The highest BCUT2D eigenvalue weighted by atomic mass is 79.9. The van der Waals surface area contributed by atoms with E-state index in [9.17, 15) is 4.79 Å². The van der Waals surface area contributed by atoms with E-state index in [1.165, 1.54) is 19.3 Å². The summed E-state index contributed by atoms with van der Waals surface area (Å²) in [6.45, 7) is 2.68. The van der Waals surface area contributed by atoms with Crippen molar-refractivity contribution in [2.75, 3.05) is 11.9 Å². The van der Waals surface area contributed by atoms with E-state index in [1.807, 2.05) is 30.0 Å². The van der Waals surface area contributed by atoms with E-state index in [-0.39, 0.29) is 5.91 Å². The van der Waals surface area contributed by atoms with Gasteiger partial charge >= 0.3 is 0 Å². The maximum Gasteiger partial charge on any atom is 0.255 e. The zero-order valence-corrected chi connectivity index (χ0v) is 14.2. The first kappa shape index (κ1) is 15.8. The second-order valence-electron chi connectivity index (χ2n) is 5.42. The highest BCUT2D eigenvalue weighted by molar-refractivity contribution is 9.09. The summed E-state index contributed by atoms with van der Waals surface area (Å²) in [5.41, 5.74) is 1.60. The monoisotopic (exact) mass is 357 g/mol. The summed E-state index contributed by atoms with van der Waals surface area (Å²) in [5.74, 6) is 0.0741. The van der Waals surface area contributed by atoms with Crippen LogP contribution in [0.1, 0.15) is 48.0 Å². The smallest absolute Gasteiger partial charge is 0.255 e. The molecule has 1 aliphatic carbocycles. The molecule has 110 valence electrons. The number of amides is 1. The van der Waals surface area contributed by atoms with Gasteiger partial charge in [0.05, 0.1) is 10.6 Å². The van der Waals surface area contributed by atoms with Crippen LogP contribution in [0.3, 0.4) is 0 Å². The Kier molecular flexibility index (Phi) is 5.91. The molecule has 0 aromatic heterocycles. The fraction of sp³-hybridized carbons (Fsp3) is 0.562. The van der Waals surface area contributed by atoms with Crippen molar-refractivity contribution in [1.29, 1.82) is 0 Å². The molecule has 0 bridgehead atoms. The van der Waals surface area contributed by atoms with Gasteiger partial charge in [0.25, 0.3) is 5.91 Å². The van der Waals surface area contributed by atoms with Crippen LogP contribution in [0, 0.1) is 6.92 Å². The predicted molar refractivity (Wildman–Crippen MR) is 87.9 cm³/mol. The molecule has 0 radical (unpaired) electrons. The Hall–Kier alpha value is -0.540. The summed E-state index contributed by atoms with van der Waals surface area (Å²) in [5, 5.41) is 1.39. The number of alkyl halides is 1. The number of hydrogen-bond acceptors (Lipinski definition) is 1. The molecule has 20 heavy (non-hydrogen) atoms. The molecule has 2 rings (SSSR count). The molecule has 1 aliphatic rings. The number of carbonyl (C=O) groups excluding carboxylic acids is 1. The molecule has 1 saturated carbocycles. The Morgan fingerprint density at radius 1 is 1.35 bits per heavy atom. The first-order valence-electron chi connectivity index (χ1n) is 7.27. The van der Waals surface area contributed by atoms with Crippen LogP contribution >= 0.6 is 27.5 Å². The second kappa shape index (κ2) is 7.46. The number of benzene rings is 1. The van der Waals surface area contributed by atoms with Gasteiger partial charge in [0.2, 0.25) is 0 Å². The Balaban J connectivity index is 2.23. The van der Waals surface area contributed by atoms with Gasteiger partial charge in [-0.15, -0.1) is 0 Å². The van der Waals surface area contributed by atoms with Crippen LogP contribution in [0.2, 0.25) is 5.02 Å². The summed E-state index contributed by atoms with van der Waals surface area (Å²) in [6, 6.07) is 6.04. The molecule has 1 aromatic carbocycles. The van der Waals surface area contributed by atoms with Gasteiger partial charge < -0.3 is 4.90 Å². The van der Waals surface area contributed by atoms with Crippen molar-refractivity contribution in [1.82, 2.24) is 4.90 Å². The third kappa shape index (κ3) is 3.56. The lowest BCUT2D eigenvalue weighted by Crippen LogP contribution is -2.42. The van der Waals surface area contributed by atoms with Gasteiger partial charge in [-0.1, -0.05) is 58.9 Å². The van der Waals surface area contributed by atoms with Crippen LogP contribution in [0.5, 0.6) is 0 Å². The molecule has 0 heterocycles. The van der Waals surface area contributed by atoms with E-state index >= 15 is 0 Å². The normalized spacial score (nSPS) is 16.1. The van der Waals surface area contributed by atoms with Crippen molar-refractivity contribution < 1.29 is 4.79 Å². The average molecular weight is 359 g/mol. The van der Waals surface area contributed by atoms with Crippen LogP contribution < -0.4 is 0 Å². The van der Waals surface area contributed by atoms with Crippen molar-refractivity contribution >= 4 is 33.4 Å². The molecule has 1 aromatic rings. The summed E-state index contributed by atoms with van der Waals surface area (Å²) in [7, 11) is 0. The summed E-state index contributed by atoms with van der Waals surface area (Å²) in [6.07, 6.45) is 5.96. The topological polar surface area (TPSA) is 20.3 Å². The Labute approximate surface area is 134 Å². The molecular weight excluding hydrogens is 338 g/mol. The summed E-state index contributed by atoms with van der Waals surface area (Å²) in [4.78, 5) is 14.8. The van der Waals surface area contributed by atoms with Crippen LogP contribution in [0.25, 0.3) is 0 Å². The third-order valence-corrected chi connectivity index (χ3v) is 4.88. The molecule has 0 aliphatic heterocycles. The van der Waals surface area contributed by atoms with Crippen LogP contribution in [0.15, 0.2) is 18.2 Å². The van der Waals surface area contributed by atoms with Crippen LogP contribution in [0.4, 0.5) is 0 Å².